The highest BCUT2D eigenvalue weighted by Gasteiger charge is 2.24. The van der Waals surface area contributed by atoms with Crippen LogP contribution in [0.3, 0.4) is 0 Å². The molecule has 1 aliphatic rings. The molecule has 7 nitrogen and oxygen atoms in total. The van der Waals surface area contributed by atoms with Gasteiger partial charge in [0.05, 0.1) is 11.5 Å². The number of piperazine rings is 1. The normalized spacial score (nSPS) is 14.8. The first-order chi connectivity index (χ1) is 12.9. The van der Waals surface area contributed by atoms with Gasteiger partial charge in [0.15, 0.2) is 0 Å². The lowest BCUT2D eigenvalue weighted by molar-refractivity contribution is -0.384. The number of hydrogen-bond donors (Lipinski definition) is 1. The van der Waals surface area contributed by atoms with Gasteiger partial charge in [0, 0.05) is 42.4 Å². The maximum absolute atomic E-state index is 12.3. The van der Waals surface area contributed by atoms with Gasteiger partial charge in [0.25, 0.3) is 5.69 Å². The number of benzene rings is 2. The summed E-state index contributed by atoms with van der Waals surface area (Å²) in [7, 11) is 0. The van der Waals surface area contributed by atoms with Gasteiger partial charge in [-0.25, -0.2) is 0 Å². The van der Waals surface area contributed by atoms with Crippen LogP contribution < -0.4 is 10.2 Å². The summed E-state index contributed by atoms with van der Waals surface area (Å²) in [6.07, 6.45) is 0. The Labute approximate surface area is 166 Å². The zero-order chi connectivity index (χ0) is 19.4. The van der Waals surface area contributed by atoms with Crippen molar-refractivity contribution in [3.63, 3.8) is 0 Å². The second-order valence-electron chi connectivity index (χ2n) is 6.52. The molecule has 1 heterocycles. The Morgan fingerprint density at radius 2 is 1.89 bits per heavy atom. The van der Waals surface area contributed by atoms with E-state index in [1.807, 2.05) is 36.1 Å². The number of nitro groups is 1. The lowest BCUT2D eigenvalue weighted by Crippen LogP contribution is -2.48. The lowest BCUT2D eigenvalue weighted by Gasteiger charge is -2.35. The van der Waals surface area contributed by atoms with Crippen molar-refractivity contribution in [2.24, 2.45) is 0 Å². The fourth-order valence-electron chi connectivity index (χ4n) is 3.16. The number of aryl methyl sites for hydroxylation is 1. The molecule has 1 fully saturated rings. The summed E-state index contributed by atoms with van der Waals surface area (Å²) in [5, 5.41) is 14.1. The molecule has 0 aromatic heterocycles. The molecule has 0 atom stereocenters. The molecule has 27 heavy (non-hydrogen) atoms. The third-order valence-electron chi connectivity index (χ3n) is 4.60. The number of hydrogen-bond acceptors (Lipinski definition) is 5. The van der Waals surface area contributed by atoms with Crippen molar-refractivity contribution in [2.75, 3.05) is 42.9 Å². The van der Waals surface area contributed by atoms with Crippen molar-refractivity contribution in [2.45, 2.75) is 6.92 Å². The van der Waals surface area contributed by atoms with Crippen molar-refractivity contribution in [1.29, 1.82) is 0 Å². The van der Waals surface area contributed by atoms with Crippen LogP contribution in [-0.4, -0.2) is 48.5 Å². The molecule has 0 aliphatic carbocycles. The SMILES string of the molecule is Cc1cc(NC(=O)CN2CCN(c3ccccc3[N+](=O)[O-])CC2)ccc1Br. The van der Waals surface area contributed by atoms with E-state index in [4.69, 9.17) is 0 Å². The predicted octanol–water partition coefficient (Wildman–Crippen LogP) is 3.43. The predicted molar refractivity (Wildman–Crippen MR) is 109 cm³/mol. The van der Waals surface area contributed by atoms with Crippen LogP contribution in [0.5, 0.6) is 0 Å². The molecule has 1 amide bonds. The molecular weight excluding hydrogens is 412 g/mol. The summed E-state index contributed by atoms with van der Waals surface area (Å²) in [5.74, 6) is -0.0594. The van der Waals surface area contributed by atoms with E-state index in [0.29, 0.717) is 38.4 Å². The molecule has 3 rings (SSSR count). The number of anilines is 2. The van der Waals surface area contributed by atoms with Crippen LogP contribution in [0.1, 0.15) is 5.56 Å². The monoisotopic (exact) mass is 432 g/mol. The molecule has 2 aromatic carbocycles. The van der Waals surface area contributed by atoms with Gasteiger partial charge < -0.3 is 10.2 Å². The van der Waals surface area contributed by atoms with Crippen LogP contribution in [0.4, 0.5) is 17.1 Å². The number of nitrogens with zero attached hydrogens (tertiary/aromatic N) is 3. The van der Waals surface area contributed by atoms with E-state index in [-0.39, 0.29) is 16.5 Å². The first kappa shape index (κ1) is 19.3. The van der Waals surface area contributed by atoms with Crippen LogP contribution in [0.25, 0.3) is 0 Å². The Balaban J connectivity index is 1.54. The van der Waals surface area contributed by atoms with Crippen LogP contribution in [0.2, 0.25) is 0 Å². The number of rotatable bonds is 5. The molecule has 2 aromatic rings. The average molecular weight is 433 g/mol. The molecule has 0 radical (unpaired) electrons. The Morgan fingerprint density at radius 3 is 2.56 bits per heavy atom. The Kier molecular flexibility index (Phi) is 6.08. The molecule has 0 unspecified atom stereocenters. The van der Waals surface area contributed by atoms with E-state index in [0.717, 1.165) is 15.7 Å². The summed E-state index contributed by atoms with van der Waals surface area (Å²) in [6.45, 7) is 4.93. The van der Waals surface area contributed by atoms with Crippen molar-refractivity contribution in [3.05, 3.63) is 62.6 Å². The van der Waals surface area contributed by atoms with Gasteiger partial charge in [0.2, 0.25) is 5.91 Å². The third-order valence-corrected chi connectivity index (χ3v) is 5.49. The second-order valence-corrected chi connectivity index (χ2v) is 7.38. The summed E-state index contributed by atoms with van der Waals surface area (Å²) >= 11 is 3.45. The standard InChI is InChI=1S/C19H21BrN4O3/c1-14-12-15(6-7-16(14)20)21-19(25)13-22-8-10-23(11-9-22)17-4-2-3-5-18(17)24(26)27/h2-7,12H,8-11,13H2,1H3,(H,21,25). The smallest absolute Gasteiger partial charge is 0.292 e. The topological polar surface area (TPSA) is 78.7 Å². The Bertz CT molecular complexity index is 851. The molecule has 0 spiro atoms. The largest absolute Gasteiger partial charge is 0.363 e. The van der Waals surface area contributed by atoms with E-state index in [1.54, 1.807) is 12.1 Å². The highest BCUT2D eigenvalue weighted by molar-refractivity contribution is 9.10. The minimum absolute atomic E-state index is 0.0594. The fraction of sp³-hybridized carbons (Fsp3) is 0.316. The van der Waals surface area contributed by atoms with Gasteiger partial charge in [0.1, 0.15) is 5.69 Å². The van der Waals surface area contributed by atoms with E-state index in [1.165, 1.54) is 6.07 Å². The maximum atomic E-state index is 12.3. The van der Waals surface area contributed by atoms with Crippen LogP contribution in [0, 0.1) is 17.0 Å². The minimum Gasteiger partial charge on any atom is -0.363 e. The fourth-order valence-corrected chi connectivity index (χ4v) is 3.41. The van der Waals surface area contributed by atoms with Gasteiger partial charge in [-0.05, 0) is 36.8 Å². The van der Waals surface area contributed by atoms with Crippen molar-refractivity contribution in [3.8, 4) is 0 Å². The van der Waals surface area contributed by atoms with E-state index >= 15 is 0 Å². The van der Waals surface area contributed by atoms with E-state index in [9.17, 15) is 14.9 Å². The van der Waals surface area contributed by atoms with Crippen LogP contribution in [0.15, 0.2) is 46.9 Å². The number of halogens is 1. The maximum Gasteiger partial charge on any atom is 0.292 e. The van der Waals surface area contributed by atoms with Gasteiger partial charge in [-0.3, -0.25) is 19.8 Å². The highest BCUT2D eigenvalue weighted by atomic mass is 79.9. The van der Waals surface area contributed by atoms with Crippen molar-refractivity contribution >= 4 is 38.9 Å². The van der Waals surface area contributed by atoms with E-state index < -0.39 is 0 Å². The Hall–Kier alpha value is -2.45. The number of nitro benzene ring substituents is 1. The van der Waals surface area contributed by atoms with Crippen LogP contribution in [-0.2, 0) is 4.79 Å². The quantitative estimate of drug-likeness (QED) is 0.578. The summed E-state index contributed by atoms with van der Waals surface area (Å²) in [6, 6.07) is 12.5. The first-order valence-corrected chi connectivity index (χ1v) is 9.50. The van der Waals surface area contributed by atoms with Gasteiger partial charge in [-0.15, -0.1) is 0 Å². The first-order valence-electron chi connectivity index (χ1n) is 8.71. The second kappa shape index (κ2) is 8.49. The number of para-hydroxylation sites is 2. The van der Waals surface area contributed by atoms with Crippen LogP contribution >= 0.6 is 15.9 Å². The average Bonchev–Trinajstić information content (AvgIpc) is 2.65. The highest BCUT2D eigenvalue weighted by Crippen LogP contribution is 2.28. The molecular formula is C19H21BrN4O3. The molecule has 0 saturated carbocycles. The zero-order valence-electron chi connectivity index (χ0n) is 15.0. The number of nitrogens with one attached hydrogen (secondary N) is 1. The minimum atomic E-state index is -0.352. The number of carbonyl (C=O) groups excluding carboxylic acids is 1. The summed E-state index contributed by atoms with van der Waals surface area (Å²) in [5.41, 5.74) is 2.59. The molecule has 0 bridgehead atoms. The molecule has 1 saturated heterocycles. The van der Waals surface area contributed by atoms with Gasteiger partial charge in [-0.1, -0.05) is 28.1 Å². The number of amides is 1. The van der Waals surface area contributed by atoms with Crippen molar-refractivity contribution < 1.29 is 9.72 Å². The summed E-state index contributed by atoms with van der Waals surface area (Å²) < 4.78 is 1.01. The number of carbonyl (C=O) groups is 1. The third kappa shape index (κ3) is 4.84. The van der Waals surface area contributed by atoms with Gasteiger partial charge in [-0.2, -0.15) is 0 Å². The molecule has 8 heteroatoms. The summed E-state index contributed by atoms with van der Waals surface area (Å²) in [4.78, 5) is 27.2. The van der Waals surface area contributed by atoms with E-state index in [2.05, 4.69) is 26.1 Å². The Morgan fingerprint density at radius 1 is 1.19 bits per heavy atom. The van der Waals surface area contributed by atoms with Gasteiger partial charge >= 0.3 is 0 Å². The molecule has 1 N–H and O–H groups in total. The molecule has 1 aliphatic heterocycles. The zero-order valence-corrected chi connectivity index (χ0v) is 16.6. The molecule has 142 valence electrons. The van der Waals surface area contributed by atoms with Crippen molar-refractivity contribution in [1.82, 2.24) is 4.90 Å². The lowest BCUT2D eigenvalue weighted by atomic mass is 10.2.